The van der Waals surface area contributed by atoms with E-state index in [1.807, 2.05) is 0 Å². The van der Waals surface area contributed by atoms with E-state index in [1.54, 1.807) is 61.6 Å². The molecule has 1 aliphatic heterocycles. The van der Waals surface area contributed by atoms with Gasteiger partial charge in [-0.05, 0) is 47.9 Å². The van der Waals surface area contributed by atoms with Gasteiger partial charge in [-0.15, -0.1) is 0 Å². The molecule has 0 spiro atoms. The number of imide groups is 1. The van der Waals surface area contributed by atoms with Crippen molar-refractivity contribution in [2.45, 2.75) is 0 Å². The van der Waals surface area contributed by atoms with E-state index in [0.29, 0.717) is 44.8 Å². The number of hydrogen-bond donors (Lipinski definition) is 3. The molecule has 1 heterocycles. The molecule has 0 atom stereocenters. The molecule has 3 aromatic carbocycles. The van der Waals surface area contributed by atoms with E-state index >= 15 is 0 Å². The molecule has 158 valence electrons. The molecule has 0 fully saturated rings. The molecule has 8 nitrogen and oxygen atoms in total. The van der Waals surface area contributed by atoms with Crippen LogP contribution >= 0.6 is 11.6 Å². The summed E-state index contributed by atoms with van der Waals surface area (Å²) in [6, 6.07) is 14.8. The van der Waals surface area contributed by atoms with Crippen molar-refractivity contribution >= 4 is 51.6 Å². The number of carbonyl (C=O) groups is 3. The first kappa shape index (κ1) is 20.8. The van der Waals surface area contributed by atoms with Crippen molar-refractivity contribution in [1.82, 2.24) is 9.91 Å². The van der Waals surface area contributed by atoms with Crippen LogP contribution in [0.3, 0.4) is 0 Å². The Morgan fingerprint density at radius 2 is 1.68 bits per heavy atom. The van der Waals surface area contributed by atoms with Gasteiger partial charge in [-0.3, -0.25) is 20.3 Å². The van der Waals surface area contributed by atoms with E-state index in [4.69, 9.17) is 17.4 Å². The minimum atomic E-state index is -0.467. The lowest BCUT2D eigenvalue weighted by Gasteiger charge is -2.28. The van der Waals surface area contributed by atoms with Crippen LogP contribution < -0.4 is 16.5 Å². The summed E-state index contributed by atoms with van der Waals surface area (Å²) < 4.78 is 0. The Kier molecular flexibility index (Phi) is 5.60. The Hall–Kier alpha value is -3.46. The van der Waals surface area contributed by atoms with Gasteiger partial charge in [0, 0.05) is 47.5 Å². The number of hydrazine groups is 1. The molecule has 4 amide bonds. The smallest absolute Gasteiger partial charge is 0.308 e. The number of urea groups is 1. The average molecular weight is 438 g/mol. The summed E-state index contributed by atoms with van der Waals surface area (Å²) in [6.07, 6.45) is 0. The summed E-state index contributed by atoms with van der Waals surface area (Å²) in [7, 11) is 1.66. The Morgan fingerprint density at radius 3 is 2.39 bits per heavy atom. The lowest BCUT2D eigenvalue weighted by atomic mass is 9.93. The zero-order valence-corrected chi connectivity index (χ0v) is 17.4. The van der Waals surface area contributed by atoms with Crippen molar-refractivity contribution in [2.24, 2.45) is 5.84 Å². The number of anilines is 2. The number of nitrogens with zero attached hydrogens (tertiary/aromatic N) is 2. The molecule has 4 rings (SSSR count). The third kappa shape index (κ3) is 4.22. The summed E-state index contributed by atoms with van der Waals surface area (Å²) in [4.78, 5) is 39.6. The number of carbonyl (C=O) groups excluding carboxylic acids is 3. The molecule has 3 aromatic rings. The predicted octanol–water partition coefficient (Wildman–Crippen LogP) is 3.54. The molecular formula is C22H20ClN5O3. The number of rotatable bonds is 5. The lowest BCUT2D eigenvalue weighted by Crippen LogP contribution is -2.45. The maximum Gasteiger partial charge on any atom is 0.323 e. The fourth-order valence-corrected chi connectivity index (χ4v) is 3.64. The number of nitrogens with two attached hydrogens (primary N) is 1. The van der Waals surface area contributed by atoms with Crippen LogP contribution in [0.5, 0.6) is 0 Å². The van der Waals surface area contributed by atoms with Crippen LogP contribution in [0.2, 0.25) is 5.02 Å². The van der Waals surface area contributed by atoms with Crippen molar-refractivity contribution in [3.63, 3.8) is 0 Å². The molecule has 1 aliphatic rings. The quantitative estimate of drug-likeness (QED) is 0.321. The largest absolute Gasteiger partial charge is 0.323 e. The maximum atomic E-state index is 13.1. The first-order valence-electron chi connectivity index (χ1n) is 9.56. The summed E-state index contributed by atoms with van der Waals surface area (Å²) in [5.74, 6) is 4.87. The highest BCUT2D eigenvalue weighted by Gasteiger charge is 2.33. The van der Waals surface area contributed by atoms with E-state index in [0.717, 1.165) is 0 Å². The molecule has 0 unspecified atom stereocenters. The predicted molar refractivity (Wildman–Crippen MR) is 120 cm³/mol. The number of likely N-dealkylation sites (N-methyl/N-ethyl adjacent to an activating group) is 1. The Bertz CT molecular complexity index is 1190. The topological polar surface area (TPSA) is 108 Å². The molecule has 0 saturated carbocycles. The second kappa shape index (κ2) is 8.35. The molecule has 0 bridgehead atoms. The standard InChI is InChI=1S/C22H20ClN5O3/c1-27(24)9-10-28-20(29)17-4-2-3-13-11-16(12-18(19(13)17)21(28)30)26-22(31)25-15-7-5-14(23)6-8-15/h2-8,11-12H,9-10,24H2,1H3,(H2,25,26,31). The summed E-state index contributed by atoms with van der Waals surface area (Å²) in [5, 5.41) is 8.70. The molecular weight excluding hydrogens is 418 g/mol. The second-order valence-corrected chi connectivity index (χ2v) is 7.69. The molecule has 0 saturated heterocycles. The second-order valence-electron chi connectivity index (χ2n) is 7.26. The van der Waals surface area contributed by atoms with Crippen LogP contribution in [0.1, 0.15) is 20.7 Å². The van der Waals surface area contributed by atoms with E-state index in [9.17, 15) is 14.4 Å². The summed E-state index contributed by atoms with van der Waals surface area (Å²) in [6.45, 7) is 0.499. The highest BCUT2D eigenvalue weighted by atomic mass is 35.5. The van der Waals surface area contributed by atoms with Gasteiger partial charge in [0.25, 0.3) is 11.8 Å². The van der Waals surface area contributed by atoms with Crippen molar-refractivity contribution in [2.75, 3.05) is 30.8 Å². The average Bonchev–Trinajstić information content (AvgIpc) is 2.73. The number of benzene rings is 3. The SMILES string of the molecule is CN(N)CCN1C(=O)c2cccc3cc(NC(=O)Nc4ccc(Cl)cc4)cc(c23)C1=O. The van der Waals surface area contributed by atoms with Gasteiger partial charge in [0.15, 0.2) is 0 Å². The zero-order valence-electron chi connectivity index (χ0n) is 16.7. The van der Waals surface area contributed by atoms with Gasteiger partial charge >= 0.3 is 6.03 Å². The lowest BCUT2D eigenvalue weighted by molar-refractivity contribution is 0.0597. The highest BCUT2D eigenvalue weighted by Crippen LogP contribution is 2.32. The van der Waals surface area contributed by atoms with Gasteiger partial charge in [0.05, 0.1) is 5.56 Å². The minimum Gasteiger partial charge on any atom is -0.308 e. The van der Waals surface area contributed by atoms with Gasteiger partial charge in [0.2, 0.25) is 0 Å². The Balaban J connectivity index is 1.65. The summed E-state index contributed by atoms with van der Waals surface area (Å²) in [5.41, 5.74) is 1.81. The van der Waals surface area contributed by atoms with Crippen LogP contribution in [0.4, 0.5) is 16.2 Å². The normalized spacial score (nSPS) is 13.1. The molecule has 0 radical (unpaired) electrons. The van der Waals surface area contributed by atoms with Gasteiger partial charge in [0.1, 0.15) is 0 Å². The first-order valence-corrected chi connectivity index (χ1v) is 9.93. The molecule has 31 heavy (non-hydrogen) atoms. The van der Waals surface area contributed by atoms with Crippen LogP contribution in [0, 0.1) is 0 Å². The molecule has 4 N–H and O–H groups in total. The zero-order chi connectivity index (χ0) is 22.1. The Labute approximate surface area is 183 Å². The monoisotopic (exact) mass is 437 g/mol. The minimum absolute atomic E-state index is 0.162. The van der Waals surface area contributed by atoms with Gasteiger partial charge < -0.3 is 10.6 Å². The first-order chi connectivity index (χ1) is 14.8. The van der Waals surface area contributed by atoms with Crippen molar-refractivity contribution < 1.29 is 14.4 Å². The maximum absolute atomic E-state index is 13.1. The molecule has 0 aromatic heterocycles. The third-order valence-electron chi connectivity index (χ3n) is 4.96. The highest BCUT2D eigenvalue weighted by molar-refractivity contribution is 6.30. The van der Waals surface area contributed by atoms with Crippen molar-refractivity contribution in [3.8, 4) is 0 Å². The number of amides is 4. The van der Waals surface area contributed by atoms with Crippen LogP contribution in [0.25, 0.3) is 10.8 Å². The van der Waals surface area contributed by atoms with Gasteiger partial charge in [-0.25, -0.2) is 9.80 Å². The van der Waals surface area contributed by atoms with Crippen molar-refractivity contribution in [3.05, 3.63) is 70.7 Å². The fraction of sp³-hybridized carbons (Fsp3) is 0.136. The van der Waals surface area contributed by atoms with Gasteiger partial charge in [-0.1, -0.05) is 23.7 Å². The van der Waals surface area contributed by atoms with Crippen LogP contribution in [-0.2, 0) is 0 Å². The van der Waals surface area contributed by atoms with Crippen LogP contribution in [0.15, 0.2) is 54.6 Å². The summed E-state index contributed by atoms with van der Waals surface area (Å²) >= 11 is 5.86. The van der Waals surface area contributed by atoms with E-state index in [1.165, 1.54) is 9.91 Å². The van der Waals surface area contributed by atoms with E-state index < -0.39 is 11.9 Å². The molecule has 0 aliphatic carbocycles. The third-order valence-corrected chi connectivity index (χ3v) is 5.22. The van der Waals surface area contributed by atoms with Gasteiger partial charge in [-0.2, -0.15) is 0 Å². The van der Waals surface area contributed by atoms with Crippen LogP contribution in [-0.4, -0.2) is 47.9 Å². The Morgan fingerprint density at radius 1 is 1.00 bits per heavy atom. The number of hydrogen-bond acceptors (Lipinski definition) is 5. The number of halogens is 1. The van der Waals surface area contributed by atoms with E-state index in [-0.39, 0.29) is 12.5 Å². The van der Waals surface area contributed by atoms with Crippen molar-refractivity contribution in [1.29, 1.82) is 0 Å². The molecule has 9 heteroatoms. The fourth-order valence-electron chi connectivity index (χ4n) is 3.52. The number of nitrogens with one attached hydrogen (secondary N) is 2. The van der Waals surface area contributed by atoms with E-state index in [2.05, 4.69) is 10.6 Å².